The third-order valence-corrected chi connectivity index (χ3v) is 3.18. The highest BCUT2D eigenvalue weighted by Crippen LogP contribution is 2.19. The van der Waals surface area contributed by atoms with Crippen LogP contribution < -0.4 is 5.56 Å². The maximum Gasteiger partial charge on any atom is 0.251 e. The minimum atomic E-state index is -0.137. The lowest BCUT2D eigenvalue weighted by atomic mass is 10.2. The zero-order valence-corrected chi connectivity index (χ0v) is 10.4. The average molecular weight is 243 g/mol. The van der Waals surface area contributed by atoms with E-state index < -0.39 is 0 Å². The van der Waals surface area contributed by atoms with Crippen molar-refractivity contribution < 1.29 is 0 Å². The summed E-state index contributed by atoms with van der Waals surface area (Å²) in [6, 6.07) is 3.40. The molecule has 0 atom stereocenters. The van der Waals surface area contributed by atoms with E-state index in [0.717, 1.165) is 28.3 Å². The third-order valence-electron chi connectivity index (χ3n) is 3.18. The van der Waals surface area contributed by atoms with Crippen LogP contribution in [-0.2, 0) is 7.05 Å². The predicted molar refractivity (Wildman–Crippen MR) is 67.5 cm³/mol. The molecule has 0 aliphatic carbocycles. The van der Waals surface area contributed by atoms with Crippen LogP contribution in [0.2, 0.25) is 0 Å². The van der Waals surface area contributed by atoms with E-state index in [2.05, 4.69) is 15.2 Å². The van der Waals surface area contributed by atoms with E-state index in [1.54, 1.807) is 15.4 Å². The zero-order chi connectivity index (χ0) is 12.9. The highest BCUT2D eigenvalue weighted by Gasteiger charge is 2.13. The number of H-pyrrole nitrogens is 1. The second kappa shape index (κ2) is 3.56. The van der Waals surface area contributed by atoms with Gasteiger partial charge >= 0.3 is 0 Å². The lowest BCUT2D eigenvalue weighted by molar-refractivity contribution is 0.766. The summed E-state index contributed by atoms with van der Waals surface area (Å²) in [4.78, 5) is 14.6. The van der Waals surface area contributed by atoms with Gasteiger partial charge in [-0.15, -0.1) is 0 Å². The van der Waals surface area contributed by atoms with Crippen molar-refractivity contribution in [2.45, 2.75) is 13.8 Å². The van der Waals surface area contributed by atoms with Gasteiger partial charge in [0, 0.05) is 24.9 Å². The summed E-state index contributed by atoms with van der Waals surface area (Å²) >= 11 is 0. The van der Waals surface area contributed by atoms with E-state index in [-0.39, 0.29) is 5.56 Å². The molecule has 0 aliphatic rings. The molecule has 0 spiro atoms. The second-order valence-electron chi connectivity index (χ2n) is 4.33. The first-order valence-corrected chi connectivity index (χ1v) is 5.65. The van der Waals surface area contributed by atoms with E-state index in [9.17, 15) is 4.79 Å². The summed E-state index contributed by atoms with van der Waals surface area (Å²) < 4.78 is 3.48. The van der Waals surface area contributed by atoms with E-state index >= 15 is 0 Å². The van der Waals surface area contributed by atoms with Gasteiger partial charge in [-0.25, -0.2) is 4.52 Å². The lowest BCUT2D eigenvalue weighted by Gasteiger charge is -2.04. The Morgan fingerprint density at radius 3 is 2.72 bits per heavy atom. The fourth-order valence-electron chi connectivity index (χ4n) is 2.07. The third kappa shape index (κ3) is 1.38. The summed E-state index contributed by atoms with van der Waals surface area (Å²) in [5, 5.41) is 8.58. The molecular formula is C12H13N5O. The van der Waals surface area contributed by atoms with E-state index in [1.165, 1.54) is 6.07 Å². The van der Waals surface area contributed by atoms with Crippen LogP contribution in [-0.4, -0.2) is 24.4 Å². The van der Waals surface area contributed by atoms with Crippen LogP contribution in [0.3, 0.4) is 0 Å². The highest BCUT2D eigenvalue weighted by molar-refractivity contribution is 5.61. The van der Waals surface area contributed by atoms with Gasteiger partial charge in [-0.3, -0.25) is 9.48 Å². The molecule has 0 bridgehead atoms. The summed E-state index contributed by atoms with van der Waals surface area (Å²) in [6.07, 6.45) is 1.70. The van der Waals surface area contributed by atoms with Crippen molar-refractivity contribution in [2.75, 3.05) is 0 Å². The molecule has 3 heterocycles. The van der Waals surface area contributed by atoms with Crippen molar-refractivity contribution in [3.8, 4) is 11.4 Å². The molecule has 6 nitrogen and oxygen atoms in total. The van der Waals surface area contributed by atoms with Crippen LogP contribution in [0.5, 0.6) is 0 Å². The quantitative estimate of drug-likeness (QED) is 0.694. The molecule has 0 aliphatic heterocycles. The number of aromatic amines is 1. The average Bonchev–Trinajstić information content (AvgIpc) is 2.86. The van der Waals surface area contributed by atoms with Crippen LogP contribution in [0, 0.1) is 13.8 Å². The standard InChI is InChI=1S/C12H13N5O/c1-7-8(2)15-17-10(6-11(18)14-12(7)17)9-4-5-13-16(9)3/h4-6H,1-3H3,(H,14,18). The molecule has 0 amide bonds. The number of nitrogens with one attached hydrogen (secondary N) is 1. The predicted octanol–water partition coefficient (Wildman–Crippen LogP) is 1.04. The van der Waals surface area contributed by atoms with Gasteiger partial charge in [0.25, 0.3) is 5.56 Å². The van der Waals surface area contributed by atoms with Gasteiger partial charge in [-0.1, -0.05) is 0 Å². The van der Waals surface area contributed by atoms with Crippen LogP contribution in [0.25, 0.3) is 17.0 Å². The van der Waals surface area contributed by atoms with Crippen molar-refractivity contribution in [2.24, 2.45) is 7.05 Å². The molecule has 0 fully saturated rings. The van der Waals surface area contributed by atoms with Crippen LogP contribution in [0.4, 0.5) is 0 Å². The van der Waals surface area contributed by atoms with Crippen molar-refractivity contribution in [1.82, 2.24) is 24.4 Å². The minimum Gasteiger partial charge on any atom is -0.307 e. The molecule has 0 radical (unpaired) electrons. The molecule has 3 rings (SSSR count). The lowest BCUT2D eigenvalue weighted by Crippen LogP contribution is -2.11. The first-order valence-electron chi connectivity index (χ1n) is 5.65. The van der Waals surface area contributed by atoms with E-state index in [4.69, 9.17) is 0 Å². The van der Waals surface area contributed by atoms with Crippen LogP contribution >= 0.6 is 0 Å². The molecule has 0 saturated heterocycles. The fraction of sp³-hybridized carbons (Fsp3) is 0.250. The van der Waals surface area contributed by atoms with Gasteiger partial charge in [0.15, 0.2) is 0 Å². The number of aromatic nitrogens is 5. The molecule has 92 valence electrons. The Balaban J connectivity index is 2.46. The summed E-state index contributed by atoms with van der Waals surface area (Å²) in [7, 11) is 1.84. The van der Waals surface area contributed by atoms with Gasteiger partial charge < -0.3 is 4.98 Å². The Morgan fingerprint density at radius 2 is 2.06 bits per heavy atom. The second-order valence-corrected chi connectivity index (χ2v) is 4.33. The van der Waals surface area contributed by atoms with Gasteiger partial charge in [0.2, 0.25) is 0 Å². The smallest absolute Gasteiger partial charge is 0.251 e. The Labute approximate surface area is 103 Å². The van der Waals surface area contributed by atoms with Gasteiger partial charge in [-0.05, 0) is 19.9 Å². The minimum absolute atomic E-state index is 0.137. The van der Waals surface area contributed by atoms with Gasteiger partial charge in [0.1, 0.15) is 5.65 Å². The van der Waals surface area contributed by atoms with Crippen molar-refractivity contribution in [1.29, 1.82) is 0 Å². The number of aryl methyl sites for hydroxylation is 3. The van der Waals surface area contributed by atoms with Crippen LogP contribution in [0.1, 0.15) is 11.3 Å². The molecule has 3 aromatic rings. The normalized spacial score (nSPS) is 11.3. The Morgan fingerprint density at radius 1 is 1.28 bits per heavy atom. The Kier molecular flexibility index (Phi) is 2.13. The van der Waals surface area contributed by atoms with E-state index in [0.29, 0.717) is 0 Å². The van der Waals surface area contributed by atoms with Crippen molar-refractivity contribution >= 4 is 5.65 Å². The number of nitrogens with zero attached hydrogens (tertiary/aromatic N) is 4. The number of rotatable bonds is 1. The summed E-state index contributed by atoms with van der Waals surface area (Å²) in [6.45, 7) is 3.87. The van der Waals surface area contributed by atoms with Crippen LogP contribution in [0.15, 0.2) is 23.1 Å². The molecule has 0 aromatic carbocycles. The van der Waals surface area contributed by atoms with Gasteiger partial charge in [0.05, 0.1) is 17.1 Å². The molecule has 0 unspecified atom stereocenters. The van der Waals surface area contributed by atoms with Gasteiger partial charge in [-0.2, -0.15) is 10.2 Å². The van der Waals surface area contributed by atoms with E-state index in [1.807, 2.05) is 27.0 Å². The maximum absolute atomic E-state index is 11.7. The summed E-state index contributed by atoms with van der Waals surface area (Å²) in [5.74, 6) is 0. The molecule has 6 heteroatoms. The highest BCUT2D eigenvalue weighted by atomic mass is 16.1. The fourth-order valence-corrected chi connectivity index (χ4v) is 2.07. The van der Waals surface area contributed by atoms with Crippen molar-refractivity contribution in [3.05, 3.63) is 39.9 Å². The maximum atomic E-state index is 11.7. The first-order chi connectivity index (χ1) is 8.58. The SMILES string of the molecule is Cc1nn2c(-c3ccnn3C)cc(=O)[nH]c2c1C. The molecule has 0 saturated carbocycles. The first kappa shape index (κ1) is 10.8. The monoisotopic (exact) mass is 243 g/mol. The number of hydrogen-bond acceptors (Lipinski definition) is 3. The summed E-state index contributed by atoms with van der Waals surface area (Å²) in [5.41, 5.74) is 4.08. The Bertz CT molecular complexity index is 793. The number of hydrogen-bond donors (Lipinski definition) is 1. The molecule has 1 N–H and O–H groups in total. The van der Waals surface area contributed by atoms with Crippen molar-refractivity contribution in [3.63, 3.8) is 0 Å². The molecular weight excluding hydrogens is 230 g/mol. The number of fused-ring (bicyclic) bond motifs is 1. The molecule has 3 aromatic heterocycles. The zero-order valence-electron chi connectivity index (χ0n) is 10.4. The largest absolute Gasteiger partial charge is 0.307 e. The molecule has 18 heavy (non-hydrogen) atoms. The topological polar surface area (TPSA) is 68.0 Å². The Hall–Kier alpha value is -2.37.